The normalized spacial score (nSPS) is 12.6. The summed E-state index contributed by atoms with van der Waals surface area (Å²) in [6, 6.07) is 0. The molecule has 52 heavy (non-hydrogen) atoms. The lowest BCUT2D eigenvalue weighted by atomic mass is 10.0. The molecule has 0 fully saturated rings. The molecule has 310 valence electrons. The van der Waals surface area contributed by atoms with E-state index in [9.17, 15) is 15.0 Å². The monoisotopic (exact) mass is 740 g/mol. The molecule has 0 aliphatic heterocycles. The fraction of sp³-hybridized carbons (Fsp3) is 0.933. The van der Waals surface area contributed by atoms with E-state index in [4.69, 9.17) is 14.2 Å². The molecule has 0 aromatic rings. The molecule has 0 aromatic heterocycles. The highest BCUT2D eigenvalue weighted by molar-refractivity contribution is 5.59. The lowest BCUT2D eigenvalue weighted by Gasteiger charge is -2.24. The molecule has 0 spiro atoms. The van der Waals surface area contributed by atoms with Gasteiger partial charge in [0.2, 0.25) is 0 Å². The molecule has 0 amide bonds. The summed E-state index contributed by atoms with van der Waals surface area (Å²) in [5.74, 6) is 1.19. The second-order valence-electron chi connectivity index (χ2n) is 15.4. The zero-order valence-electron chi connectivity index (χ0n) is 35.2. The number of hydrogen-bond acceptors (Lipinski definition) is 7. The molecule has 7 heteroatoms. The van der Waals surface area contributed by atoms with Crippen molar-refractivity contribution in [3.8, 4) is 0 Å². The van der Waals surface area contributed by atoms with Crippen molar-refractivity contribution < 1.29 is 29.2 Å². The summed E-state index contributed by atoms with van der Waals surface area (Å²) in [6.07, 6.45) is 37.3. The van der Waals surface area contributed by atoms with Crippen LogP contribution in [0.15, 0.2) is 11.8 Å². The summed E-state index contributed by atoms with van der Waals surface area (Å²) in [7, 11) is 0. The molecule has 0 radical (unpaired) electrons. The second-order valence-corrected chi connectivity index (χ2v) is 15.4. The third kappa shape index (κ3) is 35.7. The Hall–Kier alpha value is -1.31. The predicted octanol–water partition coefficient (Wildman–Crippen LogP) is 12.8. The van der Waals surface area contributed by atoms with E-state index in [0.717, 1.165) is 45.1 Å². The van der Waals surface area contributed by atoms with Crippen LogP contribution in [0.4, 0.5) is 4.79 Å². The summed E-state index contributed by atoms with van der Waals surface area (Å²) in [5.41, 5.74) is 0. The predicted molar refractivity (Wildman–Crippen MR) is 221 cm³/mol. The highest BCUT2D eigenvalue weighted by Crippen LogP contribution is 2.22. The van der Waals surface area contributed by atoms with Gasteiger partial charge in [0, 0.05) is 19.5 Å². The first-order valence-electron chi connectivity index (χ1n) is 22.6. The SMILES string of the molecule is C/C=C(\CCCCCCCN(CCO)CC(O)CCCCOC(=O)OCCCCCCCCC)OC(CCCCCCCC)CCCCCCCC. The smallest absolute Gasteiger partial charge is 0.495 e. The number of ether oxygens (including phenoxy) is 3. The van der Waals surface area contributed by atoms with E-state index in [-0.39, 0.29) is 6.61 Å². The van der Waals surface area contributed by atoms with Crippen molar-refractivity contribution in [3.05, 3.63) is 11.8 Å². The summed E-state index contributed by atoms with van der Waals surface area (Å²) < 4.78 is 17.0. The van der Waals surface area contributed by atoms with Gasteiger partial charge in [-0.1, -0.05) is 143 Å². The van der Waals surface area contributed by atoms with Crippen molar-refractivity contribution in [2.75, 3.05) is 39.5 Å². The third-order valence-corrected chi connectivity index (χ3v) is 10.3. The number of unbranched alkanes of at least 4 members (excludes halogenated alkanes) is 21. The fourth-order valence-electron chi connectivity index (χ4n) is 6.94. The van der Waals surface area contributed by atoms with Crippen molar-refractivity contribution in [2.45, 2.75) is 233 Å². The number of carbonyl (C=O) groups is 1. The van der Waals surface area contributed by atoms with Crippen molar-refractivity contribution in [2.24, 2.45) is 0 Å². The first-order valence-corrected chi connectivity index (χ1v) is 22.6. The van der Waals surface area contributed by atoms with Crippen LogP contribution in [0, 0.1) is 0 Å². The van der Waals surface area contributed by atoms with Crippen LogP contribution in [0.1, 0.15) is 220 Å². The van der Waals surface area contributed by atoms with Crippen LogP contribution < -0.4 is 0 Å². The van der Waals surface area contributed by atoms with Gasteiger partial charge in [0.15, 0.2) is 0 Å². The first kappa shape index (κ1) is 50.7. The topological polar surface area (TPSA) is 88.5 Å². The number of carbonyl (C=O) groups excluding carboxylic acids is 1. The number of aliphatic hydroxyl groups is 2. The highest BCUT2D eigenvalue weighted by atomic mass is 16.7. The molecule has 0 saturated carbocycles. The molecule has 0 saturated heterocycles. The average molecular weight is 740 g/mol. The van der Waals surface area contributed by atoms with Crippen LogP contribution in [0.3, 0.4) is 0 Å². The molecule has 0 heterocycles. The number of nitrogens with zero attached hydrogens (tertiary/aromatic N) is 1. The van der Waals surface area contributed by atoms with E-state index in [1.807, 2.05) is 0 Å². The van der Waals surface area contributed by atoms with Gasteiger partial charge in [-0.3, -0.25) is 4.90 Å². The maximum Gasteiger partial charge on any atom is 0.508 e. The Kier molecular flexibility index (Phi) is 39.8. The fourth-order valence-corrected chi connectivity index (χ4v) is 6.94. The number of allylic oxidation sites excluding steroid dienone is 2. The first-order chi connectivity index (χ1) is 25.5. The standard InChI is InChI=1S/C45H89NO6/c1-5-9-12-15-18-24-30-39-50-45(49)51-40-31-28-32-42(48)41-46(37-38-47)36-29-23-19-22-25-33-43(8-4)52-44(34-26-20-16-13-10-6-2)35-27-21-17-14-11-7-3/h8,42,44,47-48H,5-7,9-41H2,1-4H3/b43-8+. The van der Waals surface area contributed by atoms with Gasteiger partial charge < -0.3 is 24.4 Å². The van der Waals surface area contributed by atoms with Crippen molar-refractivity contribution in [1.82, 2.24) is 4.90 Å². The lowest BCUT2D eigenvalue weighted by molar-refractivity contribution is 0.0511. The van der Waals surface area contributed by atoms with Gasteiger partial charge in [-0.2, -0.15) is 0 Å². The van der Waals surface area contributed by atoms with Gasteiger partial charge in [-0.15, -0.1) is 0 Å². The van der Waals surface area contributed by atoms with Gasteiger partial charge in [-0.05, 0) is 83.8 Å². The maximum absolute atomic E-state index is 11.8. The van der Waals surface area contributed by atoms with Crippen LogP contribution in [0.2, 0.25) is 0 Å². The highest BCUT2D eigenvalue weighted by Gasteiger charge is 2.14. The minimum Gasteiger partial charge on any atom is -0.495 e. The zero-order chi connectivity index (χ0) is 38.2. The Labute approximate surface area is 323 Å². The number of aliphatic hydroxyl groups excluding tert-OH is 2. The number of rotatable bonds is 41. The van der Waals surface area contributed by atoms with E-state index < -0.39 is 12.3 Å². The largest absolute Gasteiger partial charge is 0.508 e. The Morgan fingerprint density at radius 1 is 0.577 bits per heavy atom. The molecule has 0 aliphatic rings. The van der Waals surface area contributed by atoms with Crippen molar-refractivity contribution in [1.29, 1.82) is 0 Å². The van der Waals surface area contributed by atoms with E-state index >= 15 is 0 Å². The van der Waals surface area contributed by atoms with Gasteiger partial charge >= 0.3 is 6.16 Å². The lowest BCUT2D eigenvalue weighted by Crippen LogP contribution is -2.35. The Bertz CT molecular complexity index is 746. The van der Waals surface area contributed by atoms with Crippen LogP contribution in [0.5, 0.6) is 0 Å². The minimum atomic E-state index is -0.581. The van der Waals surface area contributed by atoms with E-state index in [2.05, 4.69) is 38.7 Å². The molecule has 7 nitrogen and oxygen atoms in total. The Morgan fingerprint density at radius 2 is 1.02 bits per heavy atom. The molecular weight excluding hydrogens is 650 g/mol. The Balaban J connectivity index is 4.16. The van der Waals surface area contributed by atoms with Crippen molar-refractivity contribution in [3.63, 3.8) is 0 Å². The van der Waals surface area contributed by atoms with Crippen LogP contribution in [-0.4, -0.2) is 72.9 Å². The van der Waals surface area contributed by atoms with Gasteiger partial charge in [0.25, 0.3) is 0 Å². The summed E-state index contributed by atoms with van der Waals surface area (Å²) in [4.78, 5) is 14.0. The van der Waals surface area contributed by atoms with Gasteiger partial charge in [0.05, 0.1) is 37.8 Å². The average Bonchev–Trinajstić information content (AvgIpc) is 3.14. The zero-order valence-corrected chi connectivity index (χ0v) is 35.2. The summed E-state index contributed by atoms with van der Waals surface area (Å²) >= 11 is 0. The van der Waals surface area contributed by atoms with Crippen LogP contribution >= 0.6 is 0 Å². The quantitative estimate of drug-likeness (QED) is 0.0366. The van der Waals surface area contributed by atoms with Crippen LogP contribution in [0.25, 0.3) is 0 Å². The minimum absolute atomic E-state index is 0.104. The molecule has 1 atom stereocenters. The summed E-state index contributed by atoms with van der Waals surface area (Å²) in [5, 5.41) is 20.2. The molecule has 2 N–H and O–H groups in total. The molecule has 0 aromatic carbocycles. The Morgan fingerprint density at radius 3 is 1.54 bits per heavy atom. The van der Waals surface area contributed by atoms with Crippen molar-refractivity contribution >= 4 is 6.16 Å². The van der Waals surface area contributed by atoms with E-state index in [0.29, 0.717) is 45.2 Å². The van der Waals surface area contributed by atoms with E-state index in [1.165, 1.54) is 147 Å². The van der Waals surface area contributed by atoms with Crippen LogP contribution in [-0.2, 0) is 14.2 Å². The molecule has 1 unspecified atom stereocenters. The van der Waals surface area contributed by atoms with Gasteiger partial charge in [-0.25, -0.2) is 4.79 Å². The van der Waals surface area contributed by atoms with Gasteiger partial charge in [0.1, 0.15) is 0 Å². The molecular formula is C45H89NO6. The molecule has 0 aliphatic carbocycles. The second kappa shape index (κ2) is 40.9. The maximum atomic E-state index is 11.8. The molecule has 0 rings (SSSR count). The number of hydrogen-bond donors (Lipinski definition) is 2. The van der Waals surface area contributed by atoms with E-state index in [1.54, 1.807) is 0 Å². The third-order valence-electron chi connectivity index (χ3n) is 10.3. The molecule has 0 bridgehead atoms. The summed E-state index contributed by atoms with van der Waals surface area (Å²) in [6.45, 7) is 11.8.